The van der Waals surface area contributed by atoms with Gasteiger partial charge in [0.25, 0.3) is 0 Å². The van der Waals surface area contributed by atoms with E-state index in [1.165, 1.54) is 19.1 Å². The topological polar surface area (TPSA) is 151 Å². The molecular weight excluding hydrogens is 450 g/mol. The zero-order valence-corrected chi connectivity index (χ0v) is 16.8. The number of halogens is 4. The number of benzene rings is 1. The molecule has 2 amide bonds. The first-order chi connectivity index (χ1) is 15.5. The Labute approximate surface area is 182 Å². The number of hydrogen-bond donors (Lipinski definition) is 3. The molecule has 1 aliphatic heterocycles. The molecule has 0 saturated heterocycles. The Bertz CT molecular complexity index is 1300. The van der Waals surface area contributed by atoms with E-state index in [9.17, 15) is 27.2 Å². The summed E-state index contributed by atoms with van der Waals surface area (Å²) in [6, 6.07) is 4.43. The molecule has 3 aromatic rings. The van der Waals surface area contributed by atoms with Crippen LogP contribution < -0.4 is 21.5 Å². The van der Waals surface area contributed by atoms with Crippen LogP contribution in [0, 0.1) is 11.6 Å². The molecule has 0 aliphatic carbocycles. The van der Waals surface area contributed by atoms with Gasteiger partial charge in [-0.1, -0.05) is 12.1 Å². The molecule has 4 rings (SSSR count). The number of amides is 2. The highest BCUT2D eigenvalue weighted by Crippen LogP contribution is 2.40. The van der Waals surface area contributed by atoms with Crippen LogP contribution in [0.1, 0.15) is 18.1 Å². The van der Waals surface area contributed by atoms with E-state index in [0.29, 0.717) is 0 Å². The van der Waals surface area contributed by atoms with Crippen molar-refractivity contribution in [1.82, 2.24) is 19.7 Å². The second kappa shape index (κ2) is 7.72. The van der Waals surface area contributed by atoms with Gasteiger partial charge in [-0.25, -0.2) is 23.4 Å². The third-order valence-electron chi connectivity index (χ3n) is 5.15. The van der Waals surface area contributed by atoms with Gasteiger partial charge in [0.15, 0.2) is 22.9 Å². The lowest BCUT2D eigenvalue weighted by molar-refractivity contribution is -0.131. The molecule has 172 valence electrons. The molecule has 3 heterocycles. The number of alkyl halides is 2. The highest BCUT2D eigenvalue weighted by molar-refractivity contribution is 6.20. The summed E-state index contributed by atoms with van der Waals surface area (Å²) in [5.74, 6) is -5.12. The Morgan fingerprint density at radius 1 is 1.30 bits per heavy atom. The standard InChI is InChI=1S/C19H15F4N7O3/c1-19(16(25)31)11-13(24)26-14(27-15(11)28-17(19)32)9-5-10(33-18(22)23)30(29-9)6-7-3-2-4-8(20)12(7)21/h2-5,18H,6H2,1H3,(H2,25,31)(H3,24,26,27,28,32). The number of primary amides is 1. The highest BCUT2D eigenvalue weighted by Gasteiger charge is 2.51. The summed E-state index contributed by atoms with van der Waals surface area (Å²) in [7, 11) is 0. The van der Waals surface area contributed by atoms with Gasteiger partial charge in [0.2, 0.25) is 17.7 Å². The highest BCUT2D eigenvalue weighted by atomic mass is 19.3. The molecule has 14 heteroatoms. The van der Waals surface area contributed by atoms with E-state index in [4.69, 9.17) is 11.5 Å². The quantitative estimate of drug-likeness (QED) is 0.369. The number of anilines is 2. The summed E-state index contributed by atoms with van der Waals surface area (Å²) in [6.07, 6.45) is 0. The lowest BCUT2D eigenvalue weighted by Crippen LogP contribution is -2.44. The molecule has 5 N–H and O–H groups in total. The number of rotatable bonds is 6. The van der Waals surface area contributed by atoms with Gasteiger partial charge in [0.1, 0.15) is 17.3 Å². The van der Waals surface area contributed by atoms with Crippen molar-refractivity contribution in [1.29, 1.82) is 0 Å². The Hall–Kier alpha value is -4.23. The maximum atomic E-state index is 14.1. The van der Waals surface area contributed by atoms with E-state index in [1.807, 2.05) is 0 Å². The molecule has 1 unspecified atom stereocenters. The Kier molecular flexibility index (Phi) is 5.14. The number of nitrogens with zero attached hydrogens (tertiary/aromatic N) is 4. The van der Waals surface area contributed by atoms with Crippen molar-refractivity contribution in [2.24, 2.45) is 5.73 Å². The average molecular weight is 465 g/mol. The first-order valence-corrected chi connectivity index (χ1v) is 9.27. The maximum Gasteiger partial charge on any atom is 0.388 e. The zero-order chi connectivity index (χ0) is 24.1. The lowest BCUT2D eigenvalue weighted by atomic mass is 9.84. The summed E-state index contributed by atoms with van der Waals surface area (Å²) in [5, 5.41) is 6.42. The molecule has 10 nitrogen and oxygen atoms in total. The second-order valence-electron chi connectivity index (χ2n) is 7.22. The Morgan fingerprint density at radius 3 is 2.70 bits per heavy atom. The van der Waals surface area contributed by atoms with E-state index in [0.717, 1.165) is 16.8 Å². The van der Waals surface area contributed by atoms with Crippen LogP contribution >= 0.6 is 0 Å². The molecule has 1 atom stereocenters. The number of carbonyl (C=O) groups excluding carboxylic acids is 2. The summed E-state index contributed by atoms with van der Waals surface area (Å²) >= 11 is 0. The third kappa shape index (κ3) is 3.58. The van der Waals surface area contributed by atoms with Gasteiger partial charge in [0.05, 0.1) is 12.1 Å². The number of ether oxygens (including phenoxy) is 1. The first-order valence-electron chi connectivity index (χ1n) is 9.27. The predicted octanol–water partition coefficient (Wildman–Crippen LogP) is 1.55. The number of hydrogen-bond acceptors (Lipinski definition) is 7. The van der Waals surface area contributed by atoms with Gasteiger partial charge in [-0.15, -0.1) is 0 Å². The summed E-state index contributed by atoms with van der Waals surface area (Å²) < 4.78 is 58.7. The van der Waals surface area contributed by atoms with Crippen molar-refractivity contribution in [2.75, 3.05) is 11.1 Å². The molecular formula is C19H15F4N7O3. The Morgan fingerprint density at radius 2 is 2.03 bits per heavy atom. The number of nitrogens with one attached hydrogen (secondary N) is 1. The Balaban J connectivity index is 1.78. The average Bonchev–Trinajstić information content (AvgIpc) is 3.24. The smallest absolute Gasteiger partial charge is 0.388 e. The molecule has 0 fully saturated rings. The lowest BCUT2D eigenvalue weighted by Gasteiger charge is -2.18. The normalized spacial score (nSPS) is 17.2. The molecule has 1 aromatic carbocycles. The number of fused-ring (bicyclic) bond motifs is 1. The fraction of sp³-hybridized carbons (Fsp3) is 0.211. The second-order valence-corrected chi connectivity index (χ2v) is 7.22. The van der Waals surface area contributed by atoms with Gasteiger partial charge in [0, 0.05) is 11.6 Å². The molecule has 2 aromatic heterocycles. The van der Waals surface area contributed by atoms with Crippen LogP contribution in [0.15, 0.2) is 24.3 Å². The number of carbonyl (C=O) groups is 2. The monoisotopic (exact) mass is 465 g/mol. The van der Waals surface area contributed by atoms with E-state index in [-0.39, 0.29) is 34.3 Å². The fourth-order valence-corrected chi connectivity index (χ4v) is 3.40. The fourth-order valence-electron chi connectivity index (χ4n) is 3.40. The number of aromatic nitrogens is 4. The van der Waals surface area contributed by atoms with Crippen molar-refractivity contribution >= 4 is 23.5 Å². The minimum atomic E-state index is -3.24. The SMILES string of the molecule is CC1(C(N)=O)C(=O)Nc2nc(-c3cc(OC(F)F)n(Cc4cccc(F)c4F)n3)nc(N)c21. The van der Waals surface area contributed by atoms with Crippen molar-refractivity contribution < 1.29 is 31.9 Å². The van der Waals surface area contributed by atoms with Crippen molar-refractivity contribution in [3.8, 4) is 17.4 Å². The van der Waals surface area contributed by atoms with Gasteiger partial charge < -0.3 is 21.5 Å². The minimum Gasteiger partial charge on any atom is -0.417 e. The molecule has 33 heavy (non-hydrogen) atoms. The van der Waals surface area contributed by atoms with Crippen molar-refractivity contribution in [2.45, 2.75) is 25.5 Å². The molecule has 0 radical (unpaired) electrons. The first kappa shape index (κ1) is 22.0. The van der Waals surface area contributed by atoms with Crippen LogP contribution in [0.5, 0.6) is 5.88 Å². The largest absolute Gasteiger partial charge is 0.417 e. The van der Waals surface area contributed by atoms with Crippen LogP contribution in [-0.4, -0.2) is 38.2 Å². The van der Waals surface area contributed by atoms with E-state index in [2.05, 4.69) is 25.1 Å². The molecule has 0 spiro atoms. The van der Waals surface area contributed by atoms with Gasteiger partial charge in [-0.2, -0.15) is 13.9 Å². The zero-order valence-electron chi connectivity index (χ0n) is 16.8. The maximum absolute atomic E-state index is 14.1. The van der Waals surface area contributed by atoms with E-state index in [1.54, 1.807) is 0 Å². The van der Waals surface area contributed by atoms with Gasteiger partial charge in [-0.05, 0) is 13.0 Å². The summed E-state index contributed by atoms with van der Waals surface area (Å²) in [4.78, 5) is 32.3. The predicted molar refractivity (Wildman–Crippen MR) is 105 cm³/mol. The van der Waals surface area contributed by atoms with E-state index < -0.39 is 47.9 Å². The number of nitrogen functional groups attached to an aromatic ring is 1. The van der Waals surface area contributed by atoms with E-state index >= 15 is 0 Å². The van der Waals surface area contributed by atoms with Crippen LogP contribution in [0.4, 0.5) is 29.2 Å². The molecule has 0 bridgehead atoms. The van der Waals surface area contributed by atoms with Crippen LogP contribution in [0.25, 0.3) is 11.5 Å². The van der Waals surface area contributed by atoms with Gasteiger partial charge in [-0.3, -0.25) is 9.59 Å². The van der Waals surface area contributed by atoms with Crippen LogP contribution in [0.2, 0.25) is 0 Å². The molecule has 1 aliphatic rings. The third-order valence-corrected chi connectivity index (χ3v) is 5.15. The minimum absolute atomic E-state index is 0.0333. The van der Waals surface area contributed by atoms with Gasteiger partial charge >= 0.3 is 6.61 Å². The molecule has 0 saturated carbocycles. The number of nitrogens with two attached hydrogens (primary N) is 2. The van der Waals surface area contributed by atoms with Crippen LogP contribution in [-0.2, 0) is 21.5 Å². The van der Waals surface area contributed by atoms with Crippen LogP contribution in [0.3, 0.4) is 0 Å². The van der Waals surface area contributed by atoms with Crippen molar-refractivity contribution in [3.05, 3.63) is 47.0 Å². The summed E-state index contributed by atoms with van der Waals surface area (Å²) in [6.45, 7) is -2.44. The summed E-state index contributed by atoms with van der Waals surface area (Å²) in [5.41, 5.74) is 9.15. The van der Waals surface area contributed by atoms with Crippen molar-refractivity contribution in [3.63, 3.8) is 0 Å².